The van der Waals surface area contributed by atoms with Gasteiger partial charge in [0.05, 0.1) is 21.4 Å². The van der Waals surface area contributed by atoms with Crippen molar-refractivity contribution in [3.63, 3.8) is 0 Å². The summed E-state index contributed by atoms with van der Waals surface area (Å²) in [5.74, 6) is 0. The van der Waals surface area contributed by atoms with Crippen LogP contribution in [0.3, 0.4) is 0 Å². The molecule has 0 heterocycles. The molecule has 0 aliphatic carbocycles. The summed E-state index contributed by atoms with van der Waals surface area (Å²) in [5, 5.41) is 0.808. The molecule has 0 fully saturated rings. The summed E-state index contributed by atoms with van der Waals surface area (Å²) >= 11 is 11.5. The van der Waals surface area contributed by atoms with E-state index in [0.717, 1.165) is 5.56 Å². The molecule has 1 aromatic carbocycles. The third-order valence-corrected chi connectivity index (χ3v) is 2.43. The van der Waals surface area contributed by atoms with Gasteiger partial charge in [-0.05, 0) is 18.6 Å². The third-order valence-electron chi connectivity index (χ3n) is 1.46. The Morgan fingerprint density at radius 1 is 1.18 bits per heavy atom. The van der Waals surface area contributed by atoms with Crippen molar-refractivity contribution in [2.24, 2.45) is 0 Å². The summed E-state index contributed by atoms with van der Waals surface area (Å²) in [4.78, 5) is 0. The lowest BCUT2D eigenvalue weighted by Gasteiger charge is -2.06. The van der Waals surface area contributed by atoms with Crippen molar-refractivity contribution in [3.8, 4) is 0 Å². The number of benzene rings is 1. The Bertz CT molecular complexity index is 271. The molecule has 0 spiro atoms. The van der Waals surface area contributed by atoms with Gasteiger partial charge in [0.1, 0.15) is 0 Å². The van der Waals surface area contributed by atoms with Crippen LogP contribution in [0.25, 0.3) is 0 Å². The van der Waals surface area contributed by atoms with Crippen LogP contribution in [-0.4, -0.2) is 0 Å². The zero-order valence-electron chi connectivity index (χ0n) is 5.99. The van der Waals surface area contributed by atoms with Crippen molar-refractivity contribution in [1.82, 2.24) is 0 Å². The van der Waals surface area contributed by atoms with E-state index in [4.69, 9.17) is 34.7 Å². The van der Waals surface area contributed by atoms with Gasteiger partial charge in [-0.1, -0.05) is 23.2 Å². The van der Waals surface area contributed by atoms with E-state index in [1.54, 1.807) is 6.07 Å². The Morgan fingerprint density at radius 3 is 2.27 bits per heavy atom. The van der Waals surface area contributed by atoms with E-state index >= 15 is 0 Å². The van der Waals surface area contributed by atoms with E-state index in [-0.39, 0.29) is 0 Å². The van der Waals surface area contributed by atoms with Crippen LogP contribution in [-0.2, 0) is 0 Å². The highest BCUT2D eigenvalue weighted by Crippen LogP contribution is 2.34. The van der Waals surface area contributed by atoms with Crippen molar-refractivity contribution >= 4 is 34.6 Å². The number of anilines is 2. The Morgan fingerprint density at radius 2 is 1.73 bits per heavy atom. The summed E-state index contributed by atoms with van der Waals surface area (Å²) in [5.41, 5.74) is 12.7. The van der Waals surface area contributed by atoms with Gasteiger partial charge in [-0.2, -0.15) is 0 Å². The monoisotopic (exact) mass is 190 g/mol. The first-order valence-electron chi connectivity index (χ1n) is 3.03. The van der Waals surface area contributed by atoms with Crippen LogP contribution >= 0.6 is 23.2 Å². The van der Waals surface area contributed by atoms with Crippen molar-refractivity contribution < 1.29 is 0 Å². The number of nitrogens with two attached hydrogens (primary N) is 2. The summed E-state index contributed by atoms with van der Waals surface area (Å²) < 4.78 is 0. The molecule has 0 aliphatic rings. The zero-order chi connectivity index (χ0) is 8.59. The predicted molar refractivity (Wildman–Crippen MR) is 50.0 cm³/mol. The number of hydrogen-bond acceptors (Lipinski definition) is 2. The minimum Gasteiger partial charge on any atom is -0.397 e. The summed E-state index contributed by atoms with van der Waals surface area (Å²) in [6, 6.07) is 1.70. The molecule has 0 aromatic heterocycles. The molecule has 60 valence electrons. The molecule has 0 radical (unpaired) electrons. The average molecular weight is 191 g/mol. The van der Waals surface area contributed by atoms with Crippen LogP contribution in [0, 0.1) is 6.92 Å². The van der Waals surface area contributed by atoms with Crippen LogP contribution in [0.5, 0.6) is 0 Å². The van der Waals surface area contributed by atoms with E-state index in [0.29, 0.717) is 21.4 Å². The third kappa shape index (κ3) is 1.37. The standard InChI is InChI=1S/C7H8Cl2N2/c1-3-2-4(10)7(11)6(9)5(3)8/h2H,10-11H2,1H3. The van der Waals surface area contributed by atoms with Gasteiger partial charge in [-0.3, -0.25) is 0 Å². The topological polar surface area (TPSA) is 52.0 Å². The largest absolute Gasteiger partial charge is 0.397 e. The zero-order valence-corrected chi connectivity index (χ0v) is 7.50. The van der Waals surface area contributed by atoms with Crippen molar-refractivity contribution in [3.05, 3.63) is 21.7 Å². The molecule has 2 nitrogen and oxygen atoms in total. The molecule has 11 heavy (non-hydrogen) atoms. The number of hydrogen-bond donors (Lipinski definition) is 2. The van der Waals surface area contributed by atoms with Gasteiger partial charge in [0.25, 0.3) is 0 Å². The lowest BCUT2D eigenvalue weighted by atomic mass is 10.2. The van der Waals surface area contributed by atoms with E-state index in [1.165, 1.54) is 0 Å². The normalized spacial score (nSPS) is 10.1. The number of rotatable bonds is 0. The molecule has 4 heteroatoms. The van der Waals surface area contributed by atoms with Gasteiger partial charge in [-0.15, -0.1) is 0 Å². The second kappa shape index (κ2) is 2.80. The number of halogens is 2. The summed E-state index contributed by atoms with van der Waals surface area (Å²) in [7, 11) is 0. The second-order valence-electron chi connectivity index (χ2n) is 2.32. The van der Waals surface area contributed by atoms with Gasteiger partial charge in [0.2, 0.25) is 0 Å². The molecule has 0 atom stereocenters. The van der Waals surface area contributed by atoms with Gasteiger partial charge in [0.15, 0.2) is 0 Å². The fourth-order valence-electron chi connectivity index (χ4n) is 0.792. The molecule has 0 saturated heterocycles. The minimum absolute atomic E-state index is 0.337. The highest BCUT2D eigenvalue weighted by molar-refractivity contribution is 6.44. The SMILES string of the molecule is Cc1cc(N)c(N)c(Cl)c1Cl. The Balaban J connectivity index is 3.46. The quantitative estimate of drug-likeness (QED) is 0.618. The average Bonchev–Trinajstić information content (AvgIpc) is 1.97. The van der Waals surface area contributed by atoms with E-state index in [1.807, 2.05) is 6.92 Å². The van der Waals surface area contributed by atoms with Gasteiger partial charge in [0, 0.05) is 0 Å². The van der Waals surface area contributed by atoms with E-state index in [9.17, 15) is 0 Å². The van der Waals surface area contributed by atoms with Gasteiger partial charge >= 0.3 is 0 Å². The predicted octanol–water partition coefficient (Wildman–Crippen LogP) is 2.47. The van der Waals surface area contributed by atoms with Crippen molar-refractivity contribution in [2.45, 2.75) is 6.92 Å². The second-order valence-corrected chi connectivity index (χ2v) is 3.08. The first-order valence-corrected chi connectivity index (χ1v) is 3.79. The maximum Gasteiger partial charge on any atom is 0.0845 e. The first-order chi connectivity index (χ1) is 5.04. The molecule has 0 amide bonds. The summed E-state index contributed by atoms with van der Waals surface area (Å²) in [6.45, 7) is 1.82. The number of nitrogen functional groups attached to an aromatic ring is 2. The number of aryl methyl sites for hydroxylation is 1. The molecule has 1 rings (SSSR count). The summed E-state index contributed by atoms with van der Waals surface area (Å²) in [6.07, 6.45) is 0. The first kappa shape index (κ1) is 8.50. The Hall–Kier alpha value is -0.600. The fourth-order valence-corrected chi connectivity index (χ4v) is 1.21. The van der Waals surface area contributed by atoms with Crippen LogP contribution < -0.4 is 11.5 Å². The highest BCUT2D eigenvalue weighted by atomic mass is 35.5. The lowest BCUT2D eigenvalue weighted by Crippen LogP contribution is -1.96. The Kier molecular flexibility index (Phi) is 2.16. The van der Waals surface area contributed by atoms with Gasteiger partial charge < -0.3 is 11.5 Å². The maximum atomic E-state index is 5.79. The smallest absolute Gasteiger partial charge is 0.0845 e. The van der Waals surface area contributed by atoms with Crippen LogP contribution in [0.4, 0.5) is 11.4 Å². The van der Waals surface area contributed by atoms with Crippen molar-refractivity contribution in [2.75, 3.05) is 11.5 Å². The van der Waals surface area contributed by atoms with E-state index in [2.05, 4.69) is 0 Å². The lowest BCUT2D eigenvalue weighted by molar-refractivity contribution is 1.47. The van der Waals surface area contributed by atoms with Crippen LogP contribution in [0.1, 0.15) is 5.56 Å². The van der Waals surface area contributed by atoms with Gasteiger partial charge in [-0.25, -0.2) is 0 Å². The molecule has 0 bridgehead atoms. The van der Waals surface area contributed by atoms with Crippen LogP contribution in [0.2, 0.25) is 10.0 Å². The molecular weight excluding hydrogens is 183 g/mol. The fraction of sp³-hybridized carbons (Fsp3) is 0.143. The Labute approximate surface area is 75.1 Å². The molecule has 4 N–H and O–H groups in total. The molecule has 0 aliphatic heterocycles. The molecule has 0 saturated carbocycles. The van der Waals surface area contributed by atoms with Crippen LogP contribution in [0.15, 0.2) is 6.07 Å². The molecule has 0 unspecified atom stereocenters. The highest BCUT2D eigenvalue weighted by Gasteiger charge is 2.07. The molecular formula is C7H8Cl2N2. The maximum absolute atomic E-state index is 5.79. The van der Waals surface area contributed by atoms with Crippen molar-refractivity contribution in [1.29, 1.82) is 0 Å². The minimum atomic E-state index is 0.337. The molecule has 1 aromatic rings. The van der Waals surface area contributed by atoms with E-state index < -0.39 is 0 Å².